The fraction of sp³-hybridized carbons (Fsp3) is 0.261. The summed E-state index contributed by atoms with van der Waals surface area (Å²) in [5.41, 5.74) is 3.15. The number of fused-ring (bicyclic) bond motifs is 1. The Morgan fingerprint density at radius 2 is 1.65 bits per heavy atom. The summed E-state index contributed by atoms with van der Waals surface area (Å²) in [5.74, 6) is 0.212. The molecule has 4 aromatic rings. The van der Waals surface area contributed by atoms with Gasteiger partial charge in [0.15, 0.2) is 5.69 Å². The van der Waals surface area contributed by atoms with E-state index in [0.717, 1.165) is 34.2 Å². The number of anilines is 1. The van der Waals surface area contributed by atoms with E-state index in [2.05, 4.69) is 37.5 Å². The number of aromatic nitrogens is 4. The molecule has 0 fully saturated rings. The van der Waals surface area contributed by atoms with Crippen LogP contribution in [-0.2, 0) is 0 Å². The van der Waals surface area contributed by atoms with Crippen molar-refractivity contribution in [1.82, 2.24) is 25.3 Å². The summed E-state index contributed by atoms with van der Waals surface area (Å²) in [6.07, 6.45) is 8.66. The topological polar surface area (TPSA) is 92.7 Å². The predicted molar refractivity (Wildman–Crippen MR) is 123 cm³/mol. The Labute approximate surface area is 185 Å². The molecule has 0 saturated carbocycles. The molecule has 4 heterocycles. The lowest BCUT2D eigenvalue weighted by atomic mass is 10.1. The molecular weight excluding hydrogens is 408 g/mol. The summed E-state index contributed by atoms with van der Waals surface area (Å²) in [7, 11) is 0. The van der Waals surface area contributed by atoms with Crippen LogP contribution in [0.25, 0.3) is 10.2 Å². The maximum Gasteiger partial charge on any atom is 0.272 e. The van der Waals surface area contributed by atoms with Crippen LogP contribution >= 0.6 is 11.3 Å². The third-order valence-corrected chi connectivity index (χ3v) is 6.03. The third-order valence-electron chi connectivity index (χ3n) is 5.12. The van der Waals surface area contributed by atoms with Gasteiger partial charge in [-0.25, -0.2) is 9.97 Å². The van der Waals surface area contributed by atoms with Crippen LogP contribution in [0.4, 0.5) is 5.95 Å². The van der Waals surface area contributed by atoms with E-state index >= 15 is 0 Å². The molecule has 1 amide bonds. The van der Waals surface area contributed by atoms with E-state index < -0.39 is 0 Å². The Morgan fingerprint density at radius 1 is 0.968 bits per heavy atom. The van der Waals surface area contributed by atoms with Gasteiger partial charge < -0.3 is 10.6 Å². The molecule has 158 valence electrons. The molecule has 2 atom stereocenters. The standard InChI is InChI=1S/C23H24N6OS/c1-3-17(15-7-5-10-24-13-15)26-22(30)20-21-19(9-12-31-21)28-23(29-20)27-18(4-2)16-8-6-11-25-14-16/h5-14,17-18H,3-4H2,1-2H3,(H,26,30)(H,27,28,29). The van der Waals surface area contributed by atoms with E-state index in [1.165, 1.54) is 11.3 Å². The van der Waals surface area contributed by atoms with Crippen molar-refractivity contribution in [3.8, 4) is 0 Å². The van der Waals surface area contributed by atoms with E-state index in [1.54, 1.807) is 18.6 Å². The first kappa shape index (κ1) is 20.9. The Kier molecular flexibility index (Phi) is 6.47. The highest BCUT2D eigenvalue weighted by molar-refractivity contribution is 7.17. The van der Waals surface area contributed by atoms with Crippen LogP contribution in [-0.4, -0.2) is 25.8 Å². The van der Waals surface area contributed by atoms with Gasteiger partial charge in [-0.2, -0.15) is 0 Å². The van der Waals surface area contributed by atoms with Crippen molar-refractivity contribution in [3.63, 3.8) is 0 Å². The SMILES string of the molecule is CCC(NC(=O)c1nc(NC(CC)c2cccnc2)nc2ccsc12)c1cccnc1. The number of carbonyl (C=O) groups excluding carboxylic acids is 1. The molecule has 0 radical (unpaired) electrons. The second-order valence-corrected chi connectivity index (χ2v) is 8.06. The van der Waals surface area contributed by atoms with Crippen LogP contribution < -0.4 is 10.6 Å². The van der Waals surface area contributed by atoms with E-state index in [9.17, 15) is 4.79 Å². The Morgan fingerprint density at radius 3 is 2.26 bits per heavy atom. The second-order valence-electron chi connectivity index (χ2n) is 7.14. The molecule has 4 rings (SSSR count). The molecular formula is C23H24N6OS. The van der Waals surface area contributed by atoms with Gasteiger partial charge in [0.2, 0.25) is 5.95 Å². The first-order valence-corrected chi connectivity index (χ1v) is 11.2. The van der Waals surface area contributed by atoms with E-state index in [1.807, 2.05) is 48.8 Å². The van der Waals surface area contributed by atoms with Crippen molar-refractivity contribution in [2.45, 2.75) is 38.8 Å². The average molecular weight is 433 g/mol. The van der Waals surface area contributed by atoms with Gasteiger partial charge >= 0.3 is 0 Å². The van der Waals surface area contributed by atoms with Crippen LogP contribution in [0.15, 0.2) is 60.5 Å². The van der Waals surface area contributed by atoms with Gasteiger partial charge in [-0.1, -0.05) is 26.0 Å². The van der Waals surface area contributed by atoms with Gasteiger partial charge in [0.05, 0.1) is 22.3 Å². The summed E-state index contributed by atoms with van der Waals surface area (Å²) in [6.45, 7) is 4.12. The quantitative estimate of drug-likeness (QED) is 0.410. The largest absolute Gasteiger partial charge is 0.347 e. The van der Waals surface area contributed by atoms with E-state index in [0.29, 0.717) is 11.6 Å². The van der Waals surface area contributed by atoms with Gasteiger partial charge in [-0.3, -0.25) is 14.8 Å². The number of hydrogen-bond donors (Lipinski definition) is 2. The molecule has 0 aliphatic rings. The number of rotatable bonds is 8. The second kappa shape index (κ2) is 9.61. The van der Waals surface area contributed by atoms with Crippen LogP contribution in [0.2, 0.25) is 0 Å². The maximum atomic E-state index is 13.2. The molecule has 7 nitrogen and oxygen atoms in total. The molecule has 0 aromatic carbocycles. The molecule has 0 bridgehead atoms. The lowest BCUT2D eigenvalue weighted by Gasteiger charge is -2.19. The molecule has 0 aliphatic heterocycles. The number of pyridine rings is 2. The Balaban J connectivity index is 1.63. The van der Waals surface area contributed by atoms with Crippen LogP contribution in [0, 0.1) is 0 Å². The number of hydrogen-bond acceptors (Lipinski definition) is 7. The normalized spacial score (nSPS) is 13.0. The van der Waals surface area contributed by atoms with Gasteiger partial charge in [0, 0.05) is 24.8 Å². The molecule has 2 N–H and O–H groups in total. The molecule has 2 unspecified atom stereocenters. The zero-order chi connectivity index (χ0) is 21.6. The molecule has 4 aromatic heterocycles. The number of nitrogens with one attached hydrogen (secondary N) is 2. The molecule has 0 saturated heterocycles. The van der Waals surface area contributed by atoms with Crippen molar-refractivity contribution in [2.75, 3.05) is 5.32 Å². The molecule has 0 aliphatic carbocycles. The third kappa shape index (κ3) is 4.69. The maximum absolute atomic E-state index is 13.2. The van der Waals surface area contributed by atoms with Crippen molar-refractivity contribution in [2.24, 2.45) is 0 Å². The summed E-state index contributed by atoms with van der Waals surface area (Å²) in [5, 5.41) is 8.41. The van der Waals surface area contributed by atoms with E-state index in [-0.39, 0.29) is 18.0 Å². The van der Waals surface area contributed by atoms with E-state index in [4.69, 9.17) is 0 Å². The Hall–Kier alpha value is -3.39. The number of thiophene rings is 1. The lowest BCUT2D eigenvalue weighted by Crippen LogP contribution is -2.29. The van der Waals surface area contributed by atoms with Crippen molar-refractivity contribution >= 4 is 33.4 Å². The van der Waals surface area contributed by atoms with Gasteiger partial charge in [0.1, 0.15) is 0 Å². The van der Waals surface area contributed by atoms with Crippen molar-refractivity contribution in [1.29, 1.82) is 0 Å². The minimum Gasteiger partial charge on any atom is -0.347 e. The average Bonchev–Trinajstić information content (AvgIpc) is 3.30. The zero-order valence-electron chi connectivity index (χ0n) is 17.4. The summed E-state index contributed by atoms with van der Waals surface area (Å²) < 4.78 is 0.776. The summed E-state index contributed by atoms with van der Waals surface area (Å²) in [4.78, 5) is 30.8. The molecule has 8 heteroatoms. The van der Waals surface area contributed by atoms with Gasteiger partial charge in [-0.05, 0) is 47.5 Å². The smallest absolute Gasteiger partial charge is 0.272 e. The fourth-order valence-corrected chi connectivity index (χ4v) is 4.29. The minimum atomic E-state index is -0.219. The minimum absolute atomic E-state index is 0.000481. The van der Waals surface area contributed by atoms with Gasteiger partial charge in [0.25, 0.3) is 5.91 Å². The molecule has 31 heavy (non-hydrogen) atoms. The van der Waals surface area contributed by atoms with Crippen molar-refractivity contribution < 1.29 is 4.79 Å². The summed E-state index contributed by atoms with van der Waals surface area (Å²) in [6, 6.07) is 9.54. The first-order valence-electron chi connectivity index (χ1n) is 10.3. The molecule has 0 spiro atoms. The van der Waals surface area contributed by atoms with Gasteiger partial charge in [-0.15, -0.1) is 11.3 Å². The number of carbonyl (C=O) groups is 1. The highest BCUT2D eigenvalue weighted by atomic mass is 32.1. The first-order chi connectivity index (χ1) is 15.2. The highest BCUT2D eigenvalue weighted by Crippen LogP contribution is 2.27. The van der Waals surface area contributed by atoms with Crippen LogP contribution in [0.1, 0.15) is 60.4 Å². The monoisotopic (exact) mass is 432 g/mol. The number of nitrogens with zero attached hydrogens (tertiary/aromatic N) is 4. The van der Waals surface area contributed by atoms with Crippen LogP contribution in [0.3, 0.4) is 0 Å². The fourth-order valence-electron chi connectivity index (χ4n) is 3.47. The van der Waals surface area contributed by atoms with Crippen LogP contribution in [0.5, 0.6) is 0 Å². The zero-order valence-corrected chi connectivity index (χ0v) is 18.3. The Bertz CT molecular complexity index is 1150. The summed E-state index contributed by atoms with van der Waals surface area (Å²) >= 11 is 1.47. The highest BCUT2D eigenvalue weighted by Gasteiger charge is 2.21. The number of amides is 1. The lowest BCUT2D eigenvalue weighted by molar-refractivity contribution is 0.0932. The van der Waals surface area contributed by atoms with Crippen molar-refractivity contribution in [3.05, 3.63) is 77.3 Å². The predicted octanol–water partition coefficient (Wildman–Crippen LogP) is 4.93.